The van der Waals surface area contributed by atoms with E-state index in [1.54, 1.807) is 0 Å². The molecular weight excluding hydrogens is 353 g/mol. The fourth-order valence-electron chi connectivity index (χ4n) is 2.96. The van der Waals surface area contributed by atoms with Crippen LogP contribution in [-0.2, 0) is 0 Å². The van der Waals surface area contributed by atoms with E-state index >= 15 is 0 Å². The maximum atomic E-state index is 12.6. The van der Waals surface area contributed by atoms with Crippen molar-refractivity contribution in [2.24, 2.45) is 0 Å². The molecule has 23 heavy (non-hydrogen) atoms. The molecule has 0 aromatic heterocycles. The molecule has 5 heteroatoms. The lowest BCUT2D eigenvalue weighted by atomic mass is 9.90. The second kappa shape index (κ2) is 8.05. The van der Waals surface area contributed by atoms with E-state index in [0.29, 0.717) is 16.0 Å². The van der Waals surface area contributed by atoms with Crippen LogP contribution in [0.2, 0.25) is 10.0 Å². The molecule has 0 radical (unpaired) electrons. The molecule has 0 saturated carbocycles. The standard InChI is InChI=1S/C18H17Cl2NO.ClH/c19-16-9-8-14(11-17(16)20)15-7-4-10-21(12-15)18(22)13-5-2-1-3-6-13;/h1-3,5-6,8-9,11,15H,4,7,10,12H2;1H. The minimum Gasteiger partial charge on any atom is -0.338 e. The van der Waals surface area contributed by atoms with E-state index in [-0.39, 0.29) is 18.3 Å². The van der Waals surface area contributed by atoms with Crippen molar-refractivity contribution >= 4 is 41.5 Å². The number of nitrogens with zero attached hydrogens (tertiary/aromatic N) is 1. The first-order valence-corrected chi connectivity index (χ1v) is 8.20. The third-order valence-electron chi connectivity index (χ3n) is 4.14. The predicted molar refractivity (Wildman–Crippen MR) is 98.0 cm³/mol. The van der Waals surface area contributed by atoms with Crippen LogP contribution in [0.4, 0.5) is 0 Å². The van der Waals surface area contributed by atoms with E-state index < -0.39 is 0 Å². The summed E-state index contributed by atoms with van der Waals surface area (Å²) < 4.78 is 0. The smallest absolute Gasteiger partial charge is 0.253 e. The van der Waals surface area contributed by atoms with Crippen LogP contribution < -0.4 is 0 Å². The van der Waals surface area contributed by atoms with Crippen molar-refractivity contribution in [2.75, 3.05) is 13.1 Å². The van der Waals surface area contributed by atoms with Crippen LogP contribution in [0.1, 0.15) is 34.7 Å². The molecule has 0 aliphatic carbocycles. The van der Waals surface area contributed by atoms with Gasteiger partial charge in [0.1, 0.15) is 0 Å². The van der Waals surface area contributed by atoms with Gasteiger partial charge in [0.25, 0.3) is 5.91 Å². The summed E-state index contributed by atoms with van der Waals surface area (Å²) in [5, 5.41) is 1.14. The van der Waals surface area contributed by atoms with Gasteiger partial charge in [0.2, 0.25) is 0 Å². The summed E-state index contributed by atoms with van der Waals surface area (Å²) in [7, 11) is 0. The molecule has 0 N–H and O–H groups in total. The average Bonchev–Trinajstić information content (AvgIpc) is 2.57. The summed E-state index contributed by atoms with van der Waals surface area (Å²) in [5.41, 5.74) is 1.90. The van der Waals surface area contributed by atoms with Gasteiger partial charge in [-0.25, -0.2) is 0 Å². The van der Waals surface area contributed by atoms with Gasteiger partial charge in [-0.3, -0.25) is 4.79 Å². The summed E-state index contributed by atoms with van der Waals surface area (Å²) >= 11 is 12.1. The SMILES string of the molecule is Cl.O=C(c1ccccc1)N1CCCC(c2ccc(Cl)c(Cl)c2)C1. The third-order valence-corrected chi connectivity index (χ3v) is 4.88. The Hall–Kier alpha value is -1.22. The van der Waals surface area contributed by atoms with Gasteiger partial charge in [0.05, 0.1) is 10.0 Å². The zero-order valence-corrected chi connectivity index (χ0v) is 14.9. The Morgan fingerprint density at radius 3 is 2.48 bits per heavy atom. The zero-order chi connectivity index (χ0) is 15.5. The summed E-state index contributed by atoms with van der Waals surface area (Å²) in [5.74, 6) is 0.418. The second-order valence-electron chi connectivity index (χ2n) is 5.63. The molecule has 1 amide bonds. The summed E-state index contributed by atoms with van der Waals surface area (Å²) in [4.78, 5) is 14.5. The van der Waals surface area contributed by atoms with Crippen LogP contribution in [0.25, 0.3) is 0 Å². The number of benzene rings is 2. The molecule has 2 nitrogen and oxygen atoms in total. The van der Waals surface area contributed by atoms with E-state index in [1.807, 2.05) is 53.4 Å². The van der Waals surface area contributed by atoms with Crippen molar-refractivity contribution in [3.63, 3.8) is 0 Å². The number of piperidine rings is 1. The maximum Gasteiger partial charge on any atom is 0.253 e. The lowest BCUT2D eigenvalue weighted by Gasteiger charge is -2.33. The van der Waals surface area contributed by atoms with Crippen molar-refractivity contribution in [3.05, 3.63) is 69.7 Å². The van der Waals surface area contributed by atoms with E-state index in [2.05, 4.69) is 0 Å². The normalized spacial score (nSPS) is 17.5. The first-order valence-electron chi connectivity index (χ1n) is 7.44. The molecule has 1 saturated heterocycles. The summed E-state index contributed by atoms with van der Waals surface area (Å²) in [6.45, 7) is 1.54. The number of amides is 1. The fraction of sp³-hybridized carbons (Fsp3) is 0.278. The van der Waals surface area contributed by atoms with Gasteiger partial charge in [-0.1, -0.05) is 47.5 Å². The van der Waals surface area contributed by atoms with Crippen LogP contribution >= 0.6 is 35.6 Å². The van der Waals surface area contributed by atoms with Crippen LogP contribution in [0.5, 0.6) is 0 Å². The molecule has 1 aliphatic rings. The van der Waals surface area contributed by atoms with Crippen LogP contribution in [0.3, 0.4) is 0 Å². The number of hydrogen-bond donors (Lipinski definition) is 0. The minimum absolute atomic E-state index is 0. The van der Waals surface area contributed by atoms with E-state index in [1.165, 1.54) is 0 Å². The molecular formula is C18H18Cl3NO. The average molecular weight is 371 g/mol. The van der Waals surface area contributed by atoms with Crippen LogP contribution in [-0.4, -0.2) is 23.9 Å². The largest absolute Gasteiger partial charge is 0.338 e. The van der Waals surface area contributed by atoms with Crippen LogP contribution in [0, 0.1) is 0 Å². The Balaban J connectivity index is 0.00000192. The molecule has 0 spiro atoms. The number of carbonyl (C=O) groups excluding carboxylic acids is 1. The Morgan fingerprint density at radius 2 is 1.78 bits per heavy atom. The lowest BCUT2D eigenvalue weighted by molar-refractivity contribution is 0.0707. The molecule has 2 aromatic rings. The van der Waals surface area contributed by atoms with E-state index in [0.717, 1.165) is 37.1 Å². The maximum absolute atomic E-state index is 12.6. The topological polar surface area (TPSA) is 20.3 Å². The van der Waals surface area contributed by atoms with Crippen molar-refractivity contribution in [1.29, 1.82) is 0 Å². The van der Waals surface area contributed by atoms with Crippen molar-refractivity contribution in [2.45, 2.75) is 18.8 Å². The Labute approximate surface area is 152 Å². The zero-order valence-electron chi connectivity index (χ0n) is 12.5. The number of hydrogen-bond acceptors (Lipinski definition) is 1. The van der Waals surface area contributed by atoms with Gasteiger partial charge >= 0.3 is 0 Å². The highest BCUT2D eigenvalue weighted by Crippen LogP contribution is 2.31. The van der Waals surface area contributed by atoms with Gasteiger partial charge in [-0.2, -0.15) is 0 Å². The second-order valence-corrected chi connectivity index (χ2v) is 6.44. The summed E-state index contributed by atoms with van der Waals surface area (Å²) in [6.07, 6.45) is 2.07. The van der Waals surface area contributed by atoms with E-state index in [4.69, 9.17) is 23.2 Å². The van der Waals surface area contributed by atoms with Crippen molar-refractivity contribution in [1.82, 2.24) is 4.90 Å². The van der Waals surface area contributed by atoms with Crippen LogP contribution in [0.15, 0.2) is 48.5 Å². The van der Waals surface area contributed by atoms with Gasteiger partial charge in [0.15, 0.2) is 0 Å². The van der Waals surface area contributed by atoms with Crippen molar-refractivity contribution in [3.8, 4) is 0 Å². The minimum atomic E-state index is 0. The third kappa shape index (κ3) is 4.20. The number of rotatable bonds is 2. The highest BCUT2D eigenvalue weighted by Gasteiger charge is 2.25. The molecule has 2 aromatic carbocycles. The molecule has 3 rings (SSSR count). The Morgan fingerprint density at radius 1 is 1.04 bits per heavy atom. The monoisotopic (exact) mass is 369 g/mol. The number of halogens is 3. The molecule has 1 aliphatic heterocycles. The molecule has 0 bridgehead atoms. The highest BCUT2D eigenvalue weighted by atomic mass is 35.5. The quantitative estimate of drug-likeness (QED) is 0.689. The molecule has 122 valence electrons. The van der Waals surface area contributed by atoms with Crippen molar-refractivity contribution < 1.29 is 4.79 Å². The fourth-order valence-corrected chi connectivity index (χ4v) is 3.27. The van der Waals surface area contributed by atoms with E-state index in [9.17, 15) is 4.79 Å². The Kier molecular flexibility index (Phi) is 6.34. The molecule has 1 fully saturated rings. The van der Waals surface area contributed by atoms with Gasteiger partial charge in [-0.15, -0.1) is 12.4 Å². The predicted octanol–water partition coefficient (Wildman–Crippen LogP) is 5.44. The first kappa shape index (κ1) is 18.1. The molecule has 1 heterocycles. The van der Waals surface area contributed by atoms with Gasteiger partial charge in [0, 0.05) is 24.6 Å². The summed E-state index contributed by atoms with van der Waals surface area (Å²) in [6, 6.07) is 15.2. The highest BCUT2D eigenvalue weighted by molar-refractivity contribution is 6.42. The lowest BCUT2D eigenvalue weighted by Crippen LogP contribution is -2.39. The van der Waals surface area contributed by atoms with Gasteiger partial charge < -0.3 is 4.90 Å². The Bertz CT molecular complexity index is 675. The molecule has 1 unspecified atom stereocenters. The van der Waals surface area contributed by atoms with Gasteiger partial charge in [-0.05, 0) is 42.7 Å². The number of carbonyl (C=O) groups is 1. The number of likely N-dealkylation sites (tertiary alicyclic amines) is 1. The first-order chi connectivity index (χ1) is 10.6. The molecule has 1 atom stereocenters.